The molecular weight excluding hydrogens is 621 g/mol. The normalized spacial score (nSPS) is 11.9. The van der Waals surface area contributed by atoms with Gasteiger partial charge < -0.3 is 14.0 Å². The van der Waals surface area contributed by atoms with Gasteiger partial charge in [-0.25, -0.2) is 0 Å². The molecule has 8 aromatic carbocycles. The van der Waals surface area contributed by atoms with Crippen LogP contribution < -0.4 is 0 Å². The first-order chi connectivity index (χ1) is 25.3. The molecule has 238 valence electrons. The molecule has 0 aliphatic rings. The molecule has 0 saturated carbocycles. The summed E-state index contributed by atoms with van der Waals surface area (Å²) in [5.74, 6) is 0. The Hall–Kier alpha value is -6.84. The highest BCUT2D eigenvalue weighted by molar-refractivity contribution is 6.14. The molecule has 0 amide bonds. The summed E-state index contributed by atoms with van der Waals surface area (Å²) in [4.78, 5) is 3.79. The Morgan fingerprint density at radius 2 is 0.961 bits per heavy atom. The van der Waals surface area contributed by atoms with E-state index in [4.69, 9.17) is 4.42 Å². The van der Waals surface area contributed by atoms with Crippen molar-refractivity contribution < 1.29 is 4.42 Å². The molecule has 0 saturated heterocycles. The largest absolute Gasteiger partial charge is 0.455 e. The number of hydrogen-bond donors (Lipinski definition) is 1. The van der Waals surface area contributed by atoms with Crippen LogP contribution in [0, 0.1) is 0 Å². The second-order valence-electron chi connectivity index (χ2n) is 13.4. The van der Waals surface area contributed by atoms with E-state index < -0.39 is 0 Å². The van der Waals surface area contributed by atoms with Crippen LogP contribution in [0.25, 0.3) is 105 Å². The highest BCUT2D eigenvalue weighted by Crippen LogP contribution is 2.40. The van der Waals surface area contributed by atoms with Crippen molar-refractivity contribution in [1.82, 2.24) is 9.55 Å². The van der Waals surface area contributed by atoms with Crippen LogP contribution in [0.5, 0.6) is 0 Å². The number of para-hydroxylation sites is 5. The minimum Gasteiger partial charge on any atom is -0.455 e. The molecule has 11 rings (SSSR count). The van der Waals surface area contributed by atoms with Crippen molar-refractivity contribution in [1.29, 1.82) is 0 Å². The first kappa shape index (κ1) is 28.0. The van der Waals surface area contributed by atoms with Gasteiger partial charge in [-0.05, 0) is 70.8 Å². The Bertz CT molecular complexity index is 3100. The summed E-state index contributed by atoms with van der Waals surface area (Å²) in [6.07, 6.45) is 0. The molecule has 3 nitrogen and oxygen atoms in total. The number of rotatable bonds is 4. The molecule has 3 aromatic heterocycles. The summed E-state index contributed by atoms with van der Waals surface area (Å²) in [6.45, 7) is 0. The lowest BCUT2D eigenvalue weighted by atomic mass is 9.95. The van der Waals surface area contributed by atoms with Gasteiger partial charge in [-0.1, -0.05) is 127 Å². The highest BCUT2D eigenvalue weighted by Gasteiger charge is 2.16. The summed E-state index contributed by atoms with van der Waals surface area (Å²) in [6, 6.07) is 63.2. The minimum absolute atomic E-state index is 0.915. The van der Waals surface area contributed by atoms with Gasteiger partial charge >= 0.3 is 0 Å². The van der Waals surface area contributed by atoms with Crippen molar-refractivity contribution in [3.05, 3.63) is 176 Å². The van der Waals surface area contributed by atoms with Gasteiger partial charge in [0, 0.05) is 54.6 Å². The first-order valence-electron chi connectivity index (χ1n) is 17.4. The fourth-order valence-electron chi connectivity index (χ4n) is 8.20. The lowest BCUT2D eigenvalue weighted by Crippen LogP contribution is -1.93. The summed E-state index contributed by atoms with van der Waals surface area (Å²) < 4.78 is 8.78. The van der Waals surface area contributed by atoms with Gasteiger partial charge in [-0.3, -0.25) is 0 Å². The molecule has 0 radical (unpaired) electrons. The number of aromatic amines is 1. The van der Waals surface area contributed by atoms with Gasteiger partial charge in [0.25, 0.3) is 0 Å². The highest BCUT2D eigenvalue weighted by atomic mass is 16.3. The molecule has 0 aliphatic heterocycles. The van der Waals surface area contributed by atoms with Gasteiger partial charge in [0.1, 0.15) is 11.2 Å². The predicted octanol–water partition coefficient (Wildman–Crippen LogP) is 13.3. The maximum atomic E-state index is 6.39. The van der Waals surface area contributed by atoms with Gasteiger partial charge in [0.15, 0.2) is 0 Å². The van der Waals surface area contributed by atoms with Crippen molar-refractivity contribution in [2.75, 3.05) is 0 Å². The van der Waals surface area contributed by atoms with Crippen LogP contribution in [0.15, 0.2) is 180 Å². The fourth-order valence-corrected chi connectivity index (χ4v) is 8.20. The van der Waals surface area contributed by atoms with Crippen molar-refractivity contribution in [3.8, 4) is 39.1 Å². The molecule has 3 heteroatoms. The molecule has 3 heterocycles. The van der Waals surface area contributed by atoms with E-state index in [1.165, 1.54) is 54.8 Å². The number of nitrogens with zero attached hydrogens (tertiary/aromatic N) is 1. The Balaban J connectivity index is 1.02. The smallest absolute Gasteiger partial charge is 0.143 e. The van der Waals surface area contributed by atoms with Gasteiger partial charge in [0.05, 0.1) is 16.6 Å². The second-order valence-corrected chi connectivity index (χ2v) is 13.4. The van der Waals surface area contributed by atoms with Crippen LogP contribution in [-0.4, -0.2) is 9.55 Å². The number of furan rings is 1. The Labute approximate surface area is 293 Å². The number of aromatic nitrogens is 2. The van der Waals surface area contributed by atoms with Crippen molar-refractivity contribution in [2.45, 2.75) is 0 Å². The van der Waals surface area contributed by atoms with Crippen molar-refractivity contribution in [2.24, 2.45) is 0 Å². The van der Waals surface area contributed by atoms with E-state index in [-0.39, 0.29) is 0 Å². The summed E-state index contributed by atoms with van der Waals surface area (Å²) in [5, 5.41) is 7.26. The van der Waals surface area contributed by atoms with E-state index >= 15 is 0 Å². The molecule has 11 aromatic rings. The van der Waals surface area contributed by atoms with Gasteiger partial charge in [-0.15, -0.1) is 0 Å². The summed E-state index contributed by atoms with van der Waals surface area (Å²) in [5.41, 5.74) is 14.7. The van der Waals surface area contributed by atoms with Gasteiger partial charge in [0.2, 0.25) is 0 Å². The van der Waals surface area contributed by atoms with Gasteiger partial charge in [-0.2, -0.15) is 0 Å². The van der Waals surface area contributed by atoms with Crippen LogP contribution in [0.2, 0.25) is 0 Å². The summed E-state index contributed by atoms with van der Waals surface area (Å²) in [7, 11) is 0. The first-order valence-corrected chi connectivity index (χ1v) is 17.4. The van der Waals surface area contributed by atoms with Crippen LogP contribution >= 0.6 is 0 Å². The molecule has 0 atom stereocenters. The van der Waals surface area contributed by atoms with E-state index in [9.17, 15) is 0 Å². The Morgan fingerprint density at radius 3 is 1.71 bits per heavy atom. The molecular formula is C48H30N2O. The second kappa shape index (κ2) is 10.8. The van der Waals surface area contributed by atoms with Crippen LogP contribution in [0.4, 0.5) is 0 Å². The number of benzene rings is 8. The van der Waals surface area contributed by atoms with E-state index in [0.717, 1.165) is 49.8 Å². The Morgan fingerprint density at radius 1 is 0.392 bits per heavy atom. The number of nitrogens with one attached hydrogen (secondary N) is 1. The molecule has 1 N–H and O–H groups in total. The van der Waals surface area contributed by atoms with E-state index in [1.54, 1.807) is 0 Å². The predicted molar refractivity (Wildman–Crippen MR) is 214 cm³/mol. The molecule has 0 fully saturated rings. The summed E-state index contributed by atoms with van der Waals surface area (Å²) >= 11 is 0. The number of hydrogen-bond acceptors (Lipinski definition) is 1. The number of H-pyrrole nitrogens is 1. The van der Waals surface area contributed by atoms with Crippen molar-refractivity contribution >= 4 is 65.6 Å². The average molecular weight is 651 g/mol. The third-order valence-electron chi connectivity index (χ3n) is 10.5. The van der Waals surface area contributed by atoms with E-state index in [2.05, 4.69) is 173 Å². The zero-order chi connectivity index (χ0) is 33.5. The molecule has 0 aliphatic carbocycles. The topological polar surface area (TPSA) is 33.9 Å². The maximum absolute atomic E-state index is 6.39. The maximum Gasteiger partial charge on any atom is 0.143 e. The standard InChI is InChI=1S/C48H30N2O/c1-4-22-44-37(15-1)38-16-2-5-23-45(38)50(44)34-25-26-43-42(29-34)40-20-9-18-35(47(40)49-43)32-13-7-11-30(27-32)31-12-8-14-33(28-31)36-19-10-21-41-39-17-3-6-24-46(39)51-48(36)41/h1-29,49H. The van der Waals surface area contributed by atoms with Crippen LogP contribution in [-0.2, 0) is 0 Å². The van der Waals surface area contributed by atoms with E-state index in [1.807, 2.05) is 12.1 Å². The average Bonchev–Trinajstić information content (AvgIpc) is 3.87. The molecule has 0 unspecified atom stereocenters. The fraction of sp³-hybridized carbons (Fsp3) is 0. The lowest BCUT2D eigenvalue weighted by molar-refractivity contribution is 0.670. The molecule has 0 spiro atoms. The lowest BCUT2D eigenvalue weighted by Gasteiger charge is -2.10. The molecule has 0 bridgehead atoms. The monoisotopic (exact) mass is 650 g/mol. The minimum atomic E-state index is 0.915. The molecule has 51 heavy (non-hydrogen) atoms. The number of fused-ring (bicyclic) bond motifs is 9. The zero-order valence-electron chi connectivity index (χ0n) is 27.6. The van der Waals surface area contributed by atoms with E-state index in [0.29, 0.717) is 0 Å². The zero-order valence-corrected chi connectivity index (χ0v) is 27.6. The van der Waals surface area contributed by atoms with Crippen LogP contribution in [0.1, 0.15) is 0 Å². The quantitative estimate of drug-likeness (QED) is 0.202. The third kappa shape index (κ3) is 4.25. The van der Waals surface area contributed by atoms with Crippen molar-refractivity contribution in [3.63, 3.8) is 0 Å². The third-order valence-corrected chi connectivity index (χ3v) is 10.5. The van der Waals surface area contributed by atoms with Crippen LogP contribution in [0.3, 0.4) is 0 Å². The SMILES string of the molecule is c1cc(-c2cccc(-c3cccc4c3oc3ccccc34)c2)cc(-c2cccc3c2[nH]c2ccc(-n4c5ccccc5c5ccccc54)cc23)c1. The Kier molecular flexibility index (Phi) is 5.96.